The topological polar surface area (TPSA) is 73.9 Å². The van der Waals surface area contributed by atoms with Gasteiger partial charge >= 0.3 is 12.1 Å². The summed E-state index contributed by atoms with van der Waals surface area (Å²) >= 11 is 1.84. The Morgan fingerprint density at radius 2 is 2.12 bits per heavy atom. The van der Waals surface area contributed by atoms with Gasteiger partial charge in [-0.1, -0.05) is 0 Å². The number of carbonyl (C=O) groups excluding carboxylic acids is 2. The molecule has 8 heteroatoms. The van der Waals surface area contributed by atoms with Gasteiger partial charge in [-0.25, -0.2) is 9.59 Å². The zero-order valence-corrected chi connectivity index (χ0v) is 16.1. The lowest BCUT2D eigenvalue weighted by Gasteiger charge is -2.31. The summed E-state index contributed by atoms with van der Waals surface area (Å²) in [5, 5.41) is 8.13. The third-order valence-electron chi connectivity index (χ3n) is 4.96. The molecule has 7 nitrogen and oxygen atoms in total. The molecule has 3 rings (SSSR count). The zero-order valence-electron chi connectivity index (χ0n) is 15.3. The second kappa shape index (κ2) is 9.23. The van der Waals surface area contributed by atoms with E-state index in [0.717, 1.165) is 38.9 Å². The highest BCUT2D eigenvalue weighted by Crippen LogP contribution is 2.23. The molecule has 3 heterocycles. The molecule has 0 spiro atoms. The molecule has 0 bridgehead atoms. The van der Waals surface area contributed by atoms with E-state index in [1.165, 1.54) is 10.4 Å². The molecule has 2 N–H and O–H groups in total. The summed E-state index contributed by atoms with van der Waals surface area (Å²) < 4.78 is 5.01. The number of rotatable bonds is 5. The van der Waals surface area contributed by atoms with Crippen LogP contribution in [0.1, 0.15) is 30.2 Å². The van der Waals surface area contributed by atoms with Gasteiger partial charge in [0.15, 0.2) is 0 Å². The Balaban J connectivity index is 1.30. The SMILES string of the molecule is CCOC(=O)N1CCC(NC(=O)NCCN2CCc3sccc3C2)CC1. The molecule has 2 aliphatic rings. The Labute approximate surface area is 158 Å². The van der Waals surface area contributed by atoms with Gasteiger partial charge in [-0.2, -0.15) is 0 Å². The van der Waals surface area contributed by atoms with Crippen molar-refractivity contribution in [3.8, 4) is 0 Å². The Kier molecular flexibility index (Phi) is 6.73. The van der Waals surface area contributed by atoms with Crippen molar-refractivity contribution in [2.24, 2.45) is 0 Å². The molecule has 0 saturated carbocycles. The van der Waals surface area contributed by atoms with E-state index in [9.17, 15) is 9.59 Å². The zero-order chi connectivity index (χ0) is 18.4. The molecule has 3 amide bonds. The second-order valence-corrected chi connectivity index (χ2v) is 7.76. The van der Waals surface area contributed by atoms with Crippen LogP contribution < -0.4 is 10.6 Å². The molecule has 0 radical (unpaired) electrons. The first-order valence-electron chi connectivity index (χ1n) is 9.39. The first-order valence-corrected chi connectivity index (χ1v) is 10.3. The summed E-state index contributed by atoms with van der Waals surface area (Å²) in [4.78, 5) is 29.3. The average Bonchev–Trinajstić information content (AvgIpc) is 3.10. The molecule has 1 saturated heterocycles. The van der Waals surface area contributed by atoms with E-state index in [0.29, 0.717) is 26.2 Å². The largest absolute Gasteiger partial charge is 0.450 e. The van der Waals surface area contributed by atoms with Crippen LogP contribution in [0.3, 0.4) is 0 Å². The van der Waals surface area contributed by atoms with E-state index in [2.05, 4.69) is 27.0 Å². The van der Waals surface area contributed by atoms with Crippen LogP contribution in [-0.2, 0) is 17.7 Å². The van der Waals surface area contributed by atoms with E-state index in [1.54, 1.807) is 11.8 Å². The highest BCUT2D eigenvalue weighted by atomic mass is 32.1. The standard InChI is InChI=1S/C18H28N4O3S/c1-2-25-18(24)22-9-3-15(4-10-22)20-17(23)19-7-11-21-8-5-16-14(13-21)6-12-26-16/h6,12,15H,2-5,7-11,13H2,1H3,(H2,19,20,23). The van der Waals surface area contributed by atoms with Gasteiger partial charge in [0, 0.05) is 50.2 Å². The van der Waals surface area contributed by atoms with Crippen molar-refractivity contribution in [3.63, 3.8) is 0 Å². The summed E-state index contributed by atoms with van der Waals surface area (Å²) in [5.41, 5.74) is 1.43. The maximum absolute atomic E-state index is 12.1. The monoisotopic (exact) mass is 380 g/mol. The summed E-state index contributed by atoms with van der Waals surface area (Å²) in [7, 11) is 0. The number of amides is 3. The third-order valence-corrected chi connectivity index (χ3v) is 5.98. The lowest BCUT2D eigenvalue weighted by Crippen LogP contribution is -2.50. The van der Waals surface area contributed by atoms with Crippen molar-refractivity contribution in [1.29, 1.82) is 0 Å². The van der Waals surface area contributed by atoms with Crippen molar-refractivity contribution in [2.75, 3.05) is 39.3 Å². The fourth-order valence-corrected chi connectivity index (χ4v) is 4.37. The number of likely N-dealkylation sites (tertiary alicyclic amines) is 1. The second-order valence-electron chi connectivity index (χ2n) is 6.76. The van der Waals surface area contributed by atoms with Gasteiger partial charge in [-0.15, -0.1) is 11.3 Å². The van der Waals surface area contributed by atoms with E-state index in [4.69, 9.17) is 4.74 Å². The number of urea groups is 1. The molecule has 0 unspecified atom stereocenters. The van der Waals surface area contributed by atoms with Crippen LogP contribution in [0.5, 0.6) is 0 Å². The molecule has 0 aromatic carbocycles. The van der Waals surface area contributed by atoms with Crippen molar-refractivity contribution >= 4 is 23.5 Å². The maximum Gasteiger partial charge on any atom is 0.409 e. The fraction of sp³-hybridized carbons (Fsp3) is 0.667. The number of hydrogen-bond acceptors (Lipinski definition) is 5. The number of thiophene rings is 1. The van der Waals surface area contributed by atoms with Gasteiger partial charge < -0.3 is 20.3 Å². The van der Waals surface area contributed by atoms with Crippen molar-refractivity contribution < 1.29 is 14.3 Å². The van der Waals surface area contributed by atoms with Gasteiger partial charge in [-0.3, -0.25) is 4.90 Å². The van der Waals surface area contributed by atoms with Crippen LogP contribution in [0.4, 0.5) is 9.59 Å². The minimum atomic E-state index is -0.259. The van der Waals surface area contributed by atoms with Crippen LogP contribution in [0.15, 0.2) is 11.4 Å². The number of hydrogen-bond donors (Lipinski definition) is 2. The Morgan fingerprint density at radius 3 is 2.88 bits per heavy atom. The van der Waals surface area contributed by atoms with Crippen LogP contribution in [0, 0.1) is 0 Å². The molecule has 1 fully saturated rings. The van der Waals surface area contributed by atoms with E-state index in [-0.39, 0.29) is 18.2 Å². The lowest BCUT2D eigenvalue weighted by atomic mass is 10.1. The minimum Gasteiger partial charge on any atom is -0.450 e. The van der Waals surface area contributed by atoms with Gasteiger partial charge in [0.25, 0.3) is 0 Å². The molecular formula is C18H28N4O3S. The summed E-state index contributed by atoms with van der Waals surface area (Å²) in [6.45, 7) is 7.00. The van der Waals surface area contributed by atoms with Crippen molar-refractivity contribution in [3.05, 3.63) is 21.9 Å². The smallest absolute Gasteiger partial charge is 0.409 e. The first-order chi connectivity index (χ1) is 12.7. The van der Waals surface area contributed by atoms with Gasteiger partial charge in [0.2, 0.25) is 0 Å². The predicted molar refractivity (Wildman–Crippen MR) is 101 cm³/mol. The Bertz CT molecular complexity index is 613. The minimum absolute atomic E-state index is 0.115. The van der Waals surface area contributed by atoms with Crippen LogP contribution in [-0.4, -0.2) is 67.3 Å². The normalized spacial score (nSPS) is 18.3. The fourth-order valence-electron chi connectivity index (χ4n) is 3.48. The number of nitrogens with zero attached hydrogens (tertiary/aromatic N) is 2. The molecule has 26 heavy (non-hydrogen) atoms. The summed E-state index contributed by atoms with van der Waals surface area (Å²) in [6, 6.07) is 2.20. The quantitative estimate of drug-likeness (QED) is 0.820. The van der Waals surface area contributed by atoms with E-state index >= 15 is 0 Å². The van der Waals surface area contributed by atoms with Crippen LogP contribution in [0.2, 0.25) is 0 Å². The summed E-state index contributed by atoms with van der Waals surface area (Å²) in [5.74, 6) is 0. The Morgan fingerprint density at radius 1 is 1.31 bits per heavy atom. The molecule has 144 valence electrons. The van der Waals surface area contributed by atoms with Gasteiger partial charge in [-0.05, 0) is 43.2 Å². The number of ether oxygens (including phenoxy) is 1. The number of carbonyl (C=O) groups is 2. The number of nitrogens with one attached hydrogen (secondary N) is 2. The summed E-state index contributed by atoms with van der Waals surface area (Å²) in [6.07, 6.45) is 2.38. The molecule has 2 aliphatic heterocycles. The van der Waals surface area contributed by atoms with E-state index < -0.39 is 0 Å². The molecular weight excluding hydrogens is 352 g/mol. The Hall–Kier alpha value is -1.80. The van der Waals surface area contributed by atoms with Crippen LogP contribution >= 0.6 is 11.3 Å². The number of fused-ring (bicyclic) bond motifs is 1. The van der Waals surface area contributed by atoms with E-state index in [1.807, 2.05) is 11.3 Å². The molecule has 0 aliphatic carbocycles. The van der Waals surface area contributed by atoms with Gasteiger partial charge in [0.05, 0.1) is 6.61 Å². The highest BCUT2D eigenvalue weighted by molar-refractivity contribution is 7.10. The predicted octanol–water partition coefficient (Wildman–Crippen LogP) is 2.03. The first kappa shape index (κ1) is 19.0. The number of piperidine rings is 1. The highest BCUT2D eigenvalue weighted by Gasteiger charge is 2.24. The third kappa shape index (κ3) is 5.11. The molecule has 1 aromatic rings. The molecule has 0 atom stereocenters. The van der Waals surface area contributed by atoms with Crippen LogP contribution in [0.25, 0.3) is 0 Å². The lowest BCUT2D eigenvalue weighted by molar-refractivity contribution is 0.0957. The molecule has 1 aromatic heterocycles. The average molecular weight is 381 g/mol. The van der Waals surface area contributed by atoms with Crippen molar-refractivity contribution in [2.45, 2.75) is 38.8 Å². The van der Waals surface area contributed by atoms with Crippen molar-refractivity contribution in [1.82, 2.24) is 20.4 Å². The maximum atomic E-state index is 12.1. The van der Waals surface area contributed by atoms with Gasteiger partial charge in [0.1, 0.15) is 0 Å².